The van der Waals surface area contributed by atoms with Crippen LogP contribution >= 0.6 is 23.2 Å². The van der Waals surface area contributed by atoms with E-state index in [0.717, 1.165) is 11.1 Å². The van der Waals surface area contributed by atoms with Crippen LogP contribution in [0.1, 0.15) is 22.3 Å². The van der Waals surface area contributed by atoms with E-state index >= 15 is 0 Å². The minimum absolute atomic E-state index is 0.498. The molecule has 1 rings (SSSR count). The molecule has 2 atom stereocenters. The van der Waals surface area contributed by atoms with Crippen molar-refractivity contribution in [3.63, 3.8) is 0 Å². The fourth-order valence-electron chi connectivity index (χ4n) is 1.18. The van der Waals surface area contributed by atoms with Crippen molar-refractivity contribution in [3.8, 4) is 0 Å². The number of methoxy groups -OCH3 is 2. The number of halogens is 2. The van der Waals surface area contributed by atoms with Gasteiger partial charge in [-0.15, -0.1) is 0 Å². The summed E-state index contributed by atoms with van der Waals surface area (Å²) in [5.74, 6) is 0. The molecular formula is C10H12Cl2O2. The molecule has 2 nitrogen and oxygen atoms in total. The van der Waals surface area contributed by atoms with Gasteiger partial charge in [0, 0.05) is 25.3 Å². The van der Waals surface area contributed by atoms with Crippen molar-refractivity contribution in [2.45, 2.75) is 11.1 Å². The summed E-state index contributed by atoms with van der Waals surface area (Å²) in [6, 6.07) is 7.49. The minimum Gasteiger partial charge on any atom is -0.361 e. The predicted octanol–water partition coefficient (Wildman–Crippen LogP) is 3.45. The maximum atomic E-state index is 5.96. The number of benzene rings is 1. The topological polar surface area (TPSA) is 18.5 Å². The fraction of sp³-hybridized carbons (Fsp3) is 0.400. The largest absolute Gasteiger partial charge is 0.361 e. The monoisotopic (exact) mass is 234 g/mol. The molecule has 0 fully saturated rings. The smallest absolute Gasteiger partial charge is 0.156 e. The maximum absolute atomic E-state index is 5.96. The molecule has 0 heterocycles. The number of alkyl halides is 2. The Hall–Kier alpha value is -0.280. The van der Waals surface area contributed by atoms with Gasteiger partial charge in [-0.3, -0.25) is 0 Å². The first kappa shape index (κ1) is 11.8. The molecule has 0 aliphatic heterocycles. The summed E-state index contributed by atoms with van der Waals surface area (Å²) in [5, 5.41) is 0. The lowest BCUT2D eigenvalue weighted by molar-refractivity contribution is 0.152. The zero-order valence-electron chi connectivity index (χ0n) is 8.04. The van der Waals surface area contributed by atoms with E-state index in [1.54, 1.807) is 14.2 Å². The Kier molecular flexibility index (Phi) is 4.69. The molecule has 78 valence electrons. The van der Waals surface area contributed by atoms with Gasteiger partial charge in [0.2, 0.25) is 0 Å². The van der Waals surface area contributed by atoms with E-state index in [2.05, 4.69) is 0 Å². The van der Waals surface area contributed by atoms with Crippen LogP contribution in [-0.2, 0) is 9.47 Å². The number of ether oxygens (including phenoxy) is 2. The Morgan fingerprint density at radius 1 is 0.929 bits per heavy atom. The van der Waals surface area contributed by atoms with Gasteiger partial charge in [0.05, 0.1) is 0 Å². The average molecular weight is 235 g/mol. The minimum atomic E-state index is -0.498. The summed E-state index contributed by atoms with van der Waals surface area (Å²) in [4.78, 5) is 0. The molecule has 0 N–H and O–H groups in total. The molecule has 4 heteroatoms. The van der Waals surface area contributed by atoms with Crippen molar-refractivity contribution in [3.05, 3.63) is 35.4 Å². The van der Waals surface area contributed by atoms with Crippen LogP contribution in [0.15, 0.2) is 24.3 Å². The zero-order chi connectivity index (χ0) is 10.6. The third-order valence-electron chi connectivity index (χ3n) is 1.90. The summed E-state index contributed by atoms with van der Waals surface area (Å²) >= 11 is 11.9. The first-order valence-electron chi connectivity index (χ1n) is 4.13. The summed E-state index contributed by atoms with van der Waals surface area (Å²) in [6.07, 6.45) is 0. The van der Waals surface area contributed by atoms with E-state index < -0.39 is 11.1 Å². The van der Waals surface area contributed by atoms with Crippen molar-refractivity contribution in [2.75, 3.05) is 14.2 Å². The van der Waals surface area contributed by atoms with Crippen molar-refractivity contribution < 1.29 is 9.47 Å². The summed E-state index contributed by atoms with van der Waals surface area (Å²) < 4.78 is 10.0. The molecule has 1 aromatic carbocycles. The lowest BCUT2D eigenvalue weighted by Crippen LogP contribution is -2.02. The zero-order valence-corrected chi connectivity index (χ0v) is 9.55. The van der Waals surface area contributed by atoms with Crippen molar-refractivity contribution in [1.29, 1.82) is 0 Å². The third-order valence-corrected chi connectivity index (χ3v) is 2.73. The normalized spacial score (nSPS) is 15.1. The summed E-state index contributed by atoms with van der Waals surface area (Å²) in [6.45, 7) is 0. The quantitative estimate of drug-likeness (QED) is 0.744. The number of hydrogen-bond donors (Lipinski definition) is 0. The molecule has 2 unspecified atom stereocenters. The van der Waals surface area contributed by atoms with E-state index in [9.17, 15) is 0 Å². The third kappa shape index (κ3) is 2.61. The van der Waals surface area contributed by atoms with Crippen molar-refractivity contribution in [1.82, 2.24) is 0 Å². The molecule has 14 heavy (non-hydrogen) atoms. The average Bonchev–Trinajstić information content (AvgIpc) is 2.27. The van der Waals surface area contributed by atoms with Crippen LogP contribution in [0.4, 0.5) is 0 Å². The molecule has 0 aromatic heterocycles. The standard InChI is InChI=1S/C10H12Cl2O2/c1-13-9(11)7-5-3-4-6-8(7)10(12)14-2/h3-6,9-10H,1-2H3. The van der Waals surface area contributed by atoms with Gasteiger partial charge in [0.25, 0.3) is 0 Å². The van der Waals surface area contributed by atoms with Gasteiger partial charge in [0.15, 0.2) is 11.1 Å². The molecule has 0 radical (unpaired) electrons. The second-order valence-electron chi connectivity index (χ2n) is 2.73. The molecular weight excluding hydrogens is 223 g/mol. The maximum Gasteiger partial charge on any atom is 0.156 e. The van der Waals surface area contributed by atoms with E-state index in [1.807, 2.05) is 24.3 Å². The van der Waals surface area contributed by atoms with Crippen LogP contribution in [-0.4, -0.2) is 14.2 Å². The first-order chi connectivity index (χ1) is 6.70. The first-order valence-corrected chi connectivity index (χ1v) is 5.00. The van der Waals surface area contributed by atoms with Gasteiger partial charge >= 0.3 is 0 Å². The SMILES string of the molecule is COC(Cl)c1ccccc1C(Cl)OC. The molecule has 0 bridgehead atoms. The number of hydrogen-bond acceptors (Lipinski definition) is 2. The van der Waals surface area contributed by atoms with Gasteiger partial charge in [-0.2, -0.15) is 0 Å². The predicted molar refractivity (Wildman–Crippen MR) is 57.6 cm³/mol. The second-order valence-corrected chi connectivity index (χ2v) is 3.53. The van der Waals surface area contributed by atoms with Gasteiger partial charge in [-0.25, -0.2) is 0 Å². The van der Waals surface area contributed by atoms with Crippen LogP contribution < -0.4 is 0 Å². The van der Waals surface area contributed by atoms with Crippen LogP contribution in [0.5, 0.6) is 0 Å². The van der Waals surface area contributed by atoms with Crippen molar-refractivity contribution in [2.24, 2.45) is 0 Å². The van der Waals surface area contributed by atoms with Gasteiger partial charge in [0.1, 0.15) is 0 Å². The highest BCUT2D eigenvalue weighted by atomic mass is 35.5. The molecule has 0 spiro atoms. The Morgan fingerprint density at radius 2 is 1.29 bits per heavy atom. The highest BCUT2D eigenvalue weighted by molar-refractivity contribution is 6.21. The van der Waals surface area contributed by atoms with Crippen LogP contribution in [0.3, 0.4) is 0 Å². The van der Waals surface area contributed by atoms with Crippen LogP contribution in [0, 0.1) is 0 Å². The second kappa shape index (κ2) is 5.56. The van der Waals surface area contributed by atoms with Crippen LogP contribution in [0.25, 0.3) is 0 Å². The van der Waals surface area contributed by atoms with E-state index in [4.69, 9.17) is 32.7 Å². The Balaban J connectivity index is 3.02. The lowest BCUT2D eigenvalue weighted by atomic mass is 10.1. The Labute approximate surface area is 93.7 Å². The van der Waals surface area contributed by atoms with E-state index in [-0.39, 0.29) is 0 Å². The molecule has 0 saturated heterocycles. The molecule has 0 aliphatic rings. The molecule has 0 amide bonds. The summed E-state index contributed by atoms with van der Waals surface area (Å²) in [5.41, 5.74) is 0.669. The Bertz CT molecular complexity index is 262. The van der Waals surface area contributed by atoms with E-state index in [1.165, 1.54) is 0 Å². The lowest BCUT2D eigenvalue weighted by Gasteiger charge is -2.16. The van der Waals surface area contributed by atoms with Gasteiger partial charge in [-0.1, -0.05) is 47.5 Å². The van der Waals surface area contributed by atoms with Gasteiger partial charge < -0.3 is 9.47 Å². The highest BCUT2D eigenvalue weighted by Crippen LogP contribution is 2.31. The molecule has 0 aliphatic carbocycles. The summed E-state index contributed by atoms with van der Waals surface area (Å²) in [7, 11) is 3.09. The van der Waals surface area contributed by atoms with Crippen molar-refractivity contribution >= 4 is 23.2 Å². The Morgan fingerprint density at radius 3 is 1.57 bits per heavy atom. The highest BCUT2D eigenvalue weighted by Gasteiger charge is 2.16. The molecule has 0 saturated carbocycles. The van der Waals surface area contributed by atoms with Gasteiger partial charge in [-0.05, 0) is 0 Å². The fourth-order valence-corrected chi connectivity index (χ4v) is 1.58. The number of rotatable bonds is 4. The molecule has 1 aromatic rings. The van der Waals surface area contributed by atoms with E-state index in [0.29, 0.717) is 0 Å². The van der Waals surface area contributed by atoms with Crippen LogP contribution in [0.2, 0.25) is 0 Å².